The maximum atomic E-state index is 10.4. The third-order valence-corrected chi connectivity index (χ3v) is 3.06. The average molecular weight is 390 g/mol. The van der Waals surface area contributed by atoms with E-state index in [1.54, 1.807) is 6.07 Å². The van der Waals surface area contributed by atoms with Gasteiger partial charge in [-0.15, -0.1) is 0 Å². The van der Waals surface area contributed by atoms with E-state index in [4.69, 9.17) is 5.73 Å². The molecule has 0 fully saturated rings. The molecule has 0 atom stereocenters. The Morgan fingerprint density at radius 1 is 1.33 bits per heavy atom. The molecule has 0 aromatic heterocycles. The van der Waals surface area contributed by atoms with Crippen molar-refractivity contribution in [3.05, 3.63) is 29.4 Å². The van der Waals surface area contributed by atoms with Gasteiger partial charge >= 0.3 is 0 Å². The van der Waals surface area contributed by atoms with Crippen LogP contribution in [-0.2, 0) is 0 Å². The van der Waals surface area contributed by atoms with Gasteiger partial charge in [-0.25, -0.2) is 0 Å². The third kappa shape index (κ3) is 1.97. The van der Waals surface area contributed by atoms with Crippen molar-refractivity contribution in [2.75, 3.05) is 5.73 Å². The minimum atomic E-state index is -0.436. The summed E-state index contributed by atoms with van der Waals surface area (Å²) >= 11 is 3.95. The first-order chi connectivity index (χ1) is 5.52. The molecule has 12 heavy (non-hydrogen) atoms. The summed E-state index contributed by atoms with van der Waals surface area (Å²) in [4.78, 5) is 9.99. The number of nitrogens with two attached hydrogens (primary N) is 1. The Morgan fingerprint density at radius 3 is 2.42 bits per heavy atom. The minimum Gasteiger partial charge on any atom is -0.398 e. The second kappa shape index (κ2) is 3.73. The van der Waals surface area contributed by atoms with E-state index in [-0.39, 0.29) is 5.69 Å². The highest BCUT2D eigenvalue weighted by Crippen LogP contribution is 2.27. The standard InChI is InChI=1S/C6H4I2N2O2/c7-3-1-4(8)6(10(11)12)2-5(3)9/h1-2H,9H2. The van der Waals surface area contributed by atoms with Crippen molar-refractivity contribution in [3.8, 4) is 0 Å². The molecule has 0 aliphatic carbocycles. The number of nitrogens with zero attached hydrogens (tertiary/aromatic N) is 1. The number of nitro groups is 1. The fourth-order valence-corrected chi connectivity index (χ4v) is 2.42. The summed E-state index contributed by atoms with van der Waals surface area (Å²) in [5.41, 5.74) is 6.02. The van der Waals surface area contributed by atoms with Crippen molar-refractivity contribution in [2.45, 2.75) is 0 Å². The van der Waals surface area contributed by atoms with Crippen molar-refractivity contribution >= 4 is 56.6 Å². The maximum absolute atomic E-state index is 10.4. The molecule has 0 unspecified atom stereocenters. The molecule has 0 spiro atoms. The molecule has 0 aliphatic heterocycles. The van der Waals surface area contributed by atoms with Crippen molar-refractivity contribution in [3.63, 3.8) is 0 Å². The lowest BCUT2D eigenvalue weighted by atomic mass is 10.3. The Labute approximate surface area is 95.9 Å². The van der Waals surface area contributed by atoms with E-state index >= 15 is 0 Å². The second-order valence-corrected chi connectivity index (χ2v) is 4.41. The Morgan fingerprint density at radius 2 is 1.92 bits per heavy atom. The first-order valence-corrected chi connectivity index (χ1v) is 5.07. The number of benzene rings is 1. The molecule has 1 aromatic carbocycles. The summed E-state index contributed by atoms with van der Waals surface area (Å²) in [6, 6.07) is 3.07. The van der Waals surface area contributed by atoms with Crippen LogP contribution < -0.4 is 5.73 Å². The van der Waals surface area contributed by atoms with Gasteiger partial charge in [0.05, 0.1) is 14.2 Å². The molecule has 6 heteroatoms. The minimum absolute atomic E-state index is 0.0634. The Kier molecular flexibility index (Phi) is 3.09. The quantitative estimate of drug-likeness (QED) is 0.347. The highest BCUT2D eigenvalue weighted by Gasteiger charge is 2.13. The van der Waals surface area contributed by atoms with Crippen molar-refractivity contribution in [2.24, 2.45) is 0 Å². The number of hydrogen-bond donors (Lipinski definition) is 1. The van der Waals surface area contributed by atoms with Crippen LogP contribution in [0.4, 0.5) is 11.4 Å². The molecule has 2 N–H and O–H groups in total. The monoisotopic (exact) mass is 390 g/mol. The molecule has 0 amide bonds. The first kappa shape index (κ1) is 9.96. The summed E-state index contributed by atoms with van der Waals surface area (Å²) in [7, 11) is 0. The van der Waals surface area contributed by atoms with Crippen LogP contribution in [0.15, 0.2) is 12.1 Å². The SMILES string of the molecule is Nc1cc([N+](=O)[O-])c(I)cc1I. The normalized spacial score (nSPS) is 9.83. The van der Waals surface area contributed by atoms with Gasteiger partial charge in [0.25, 0.3) is 5.69 Å². The first-order valence-electron chi connectivity index (χ1n) is 2.91. The average Bonchev–Trinajstić information content (AvgIpc) is 1.96. The summed E-state index contributed by atoms with van der Waals surface area (Å²) < 4.78 is 1.44. The number of hydrogen-bond acceptors (Lipinski definition) is 3. The van der Waals surface area contributed by atoms with E-state index in [0.717, 1.165) is 3.57 Å². The lowest BCUT2D eigenvalue weighted by Crippen LogP contribution is -1.96. The van der Waals surface area contributed by atoms with Crippen LogP contribution in [0.2, 0.25) is 0 Å². The summed E-state index contributed by atoms with van der Waals surface area (Å²) in [5, 5.41) is 10.4. The zero-order valence-electron chi connectivity index (χ0n) is 5.75. The van der Waals surface area contributed by atoms with Crippen LogP contribution in [0.1, 0.15) is 0 Å². The summed E-state index contributed by atoms with van der Waals surface area (Å²) in [6.07, 6.45) is 0. The van der Waals surface area contributed by atoms with Crippen LogP contribution in [0.3, 0.4) is 0 Å². The number of anilines is 1. The Bertz CT molecular complexity index is 341. The van der Waals surface area contributed by atoms with Gasteiger partial charge in [0.15, 0.2) is 0 Å². The highest BCUT2D eigenvalue weighted by atomic mass is 127. The molecule has 0 radical (unpaired) electrons. The van der Waals surface area contributed by atoms with Crippen LogP contribution >= 0.6 is 45.2 Å². The molecule has 0 heterocycles. The van der Waals surface area contributed by atoms with Crippen molar-refractivity contribution < 1.29 is 4.92 Å². The number of halogens is 2. The van der Waals surface area contributed by atoms with E-state index in [1.165, 1.54) is 6.07 Å². The number of nitrogen functional groups attached to an aromatic ring is 1. The summed E-state index contributed by atoms with van der Waals surface area (Å²) in [6.45, 7) is 0. The van der Waals surface area contributed by atoms with Gasteiger partial charge in [0.1, 0.15) is 0 Å². The van der Waals surface area contributed by atoms with E-state index in [1.807, 2.05) is 45.2 Å². The summed E-state index contributed by atoms with van der Waals surface area (Å²) in [5.74, 6) is 0. The topological polar surface area (TPSA) is 69.2 Å². The van der Waals surface area contributed by atoms with Gasteiger partial charge in [-0.2, -0.15) is 0 Å². The lowest BCUT2D eigenvalue weighted by molar-refractivity contribution is -0.385. The zero-order chi connectivity index (χ0) is 9.30. The third-order valence-electron chi connectivity index (χ3n) is 1.26. The smallest absolute Gasteiger partial charge is 0.284 e. The van der Waals surface area contributed by atoms with Gasteiger partial charge in [-0.05, 0) is 51.2 Å². The number of nitro benzene ring substituents is 1. The van der Waals surface area contributed by atoms with Crippen LogP contribution in [0, 0.1) is 17.3 Å². The fraction of sp³-hybridized carbons (Fsp3) is 0. The maximum Gasteiger partial charge on any atom is 0.284 e. The lowest BCUT2D eigenvalue weighted by Gasteiger charge is -1.99. The van der Waals surface area contributed by atoms with E-state index < -0.39 is 4.92 Å². The Hall–Kier alpha value is -0.120. The molecule has 0 bridgehead atoms. The molecule has 1 rings (SSSR count). The van der Waals surface area contributed by atoms with Crippen LogP contribution in [0.25, 0.3) is 0 Å². The second-order valence-electron chi connectivity index (χ2n) is 2.08. The molecule has 0 aliphatic rings. The van der Waals surface area contributed by atoms with Gasteiger partial charge in [0, 0.05) is 9.64 Å². The van der Waals surface area contributed by atoms with Crippen molar-refractivity contribution in [1.82, 2.24) is 0 Å². The molecular formula is C6H4I2N2O2. The molecular weight excluding hydrogens is 386 g/mol. The molecule has 64 valence electrons. The molecule has 4 nitrogen and oxygen atoms in total. The van der Waals surface area contributed by atoms with Gasteiger partial charge < -0.3 is 5.73 Å². The van der Waals surface area contributed by atoms with E-state index in [0.29, 0.717) is 9.26 Å². The molecule has 0 saturated carbocycles. The van der Waals surface area contributed by atoms with Crippen LogP contribution in [-0.4, -0.2) is 4.92 Å². The zero-order valence-corrected chi connectivity index (χ0v) is 10.1. The predicted molar refractivity (Wildman–Crippen MR) is 62.9 cm³/mol. The number of rotatable bonds is 1. The van der Waals surface area contributed by atoms with Gasteiger partial charge in [-0.1, -0.05) is 0 Å². The predicted octanol–water partition coefficient (Wildman–Crippen LogP) is 2.39. The largest absolute Gasteiger partial charge is 0.398 e. The highest BCUT2D eigenvalue weighted by molar-refractivity contribution is 14.1. The van der Waals surface area contributed by atoms with E-state index in [9.17, 15) is 10.1 Å². The van der Waals surface area contributed by atoms with Gasteiger partial charge in [-0.3, -0.25) is 10.1 Å². The van der Waals surface area contributed by atoms with Crippen LogP contribution in [0.5, 0.6) is 0 Å². The van der Waals surface area contributed by atoms with Gasteiger partial charge in [0.2, 0.25) is 0 Å². The fourth-order valence-electron chi connectivity index (χ4n) is 0.694. The molecule has 1 aromatic rings. The Balaban J connectivity index is 3.33. The molecule has 0 saturated heterocycles. The van der Waals surface area contributed by atoms with E-state index in [2.05, 4.69) is 0 Å². The van der Waals surface area contributed by atoms with Crippen molar-refractivity contribution in [1.29, 1.82) is 0 Å².